The maximum absolute atomic E-state index is 12.8. The van der Waals surface area contributed by atoms with E-state index < -0.39 is 5.60 Å². The quantitative estimate of drug-likeness (QED) is 0.901. The number of hydrogen-bond acceptors (Lipinski definition) is 3. The first-order valence-corrected chi connectivity index (χ1v) is 9.03. The predicted octanol–water partition coefficient (Wildman–Crippen LogP) is 2.95. The van der Waals surface area contributed by atoms with Crippen molar-refractivity contribution < 1.29 is 9.90 Å². The zero-order valence-corrected chi connectivity index (χ0v) is 15.6. The number of likely N-dealkylation sites (tertiary alicyclic amines) is 1. The molecule has 1 fully saturated rings. The highest BCUT2D eigenvalue weighted by Gasteiger charge is 2.22. The van der Waals surface area contributed by atoms with E-state index in [0.29, 0.717) is 12.5 Å². The number of aryl methyl sites for hydroxylation is 1. The molecule has 24 heavy (non-hydrogen) atoms. The van der Waals surface area contributed by atoms with E-state index in [9.17, 15) is 9.90 Å². The molecule has 0 bridgehead atoms. The fourth-order valence-electron chi connectivity index (χ4n) is 3.29. The lowest BCUT2D eigenvalue weighted by molar-refractivity contribution is 0.0714. The van der Waals surface area contributed by atoms with Gasteiger partial charge in [0.25, 0.3) is 5.91 Å². The molecule has 1 N–H and O–H groups in total. The molecule has 1 aromatic rings. The molecule has 4 nitrogen and oxygen atoms in total. The van der Waals surface area contributed by atoms with Crippen LogP contribution in [0.15, 0.2) is 24.3 Å². The van der Waals surface area contributed by atoms with Crippen LogP contribution in [0.5, 0.6) is 0 Å². The summed E-state index contributed by atoms with van der Waals surface area (Å²) in [6.45, 7) is 5.31. The van der Waals surface area contributed by atoms with Crippen LogP contribution in [0.4, 0.5) is 0 Å². The standard InChI is InChI=1S/C20H32N2O2/c1-20(2,24)12-10-16-7-5-8-17(15-16)19(23)22-13-6-9-18(11-14-22)21(3)4/h5,7-8,15,18,24H,6,9-14H2,1-4H3. The topological polar surface area (TPSA) is 43.8 Å². The highest BCUT2D eigenvalue weighted by Crippen LogP contribution is 2.19. The SMILES string of the molecule is CN(C)C1CCCN(C(=O)c2cccc(CCC(C)(C)O)c2)CC1. The molecule has 1 aromatic carbocycles. The van der Waals surface area contributed by atoms with Crippen LogP contribution < -0.4 is 0 Å². The van der Waals surface area contributed by atoms with Gasteiger partial charge in [0, 0.05) is 24.7 Å². The minimum absolute atomic E-state index is 0.138. The molecule has 0 spiro atoms. The summed E-state index contributed by atoms with van der Waals surface area (Å²) in [7, 11) is 4.24. The molecule has 1 unspecified atom stereocenters. The van der Waals surface area contributed by atoms with Gasteiger partial charge in [0.2, 0.25) is 0 Å². The summed E-state index contributed by atoms with van der Waals surface area (Å²) >= 11 is 0. The highest BCUT2D eigenvalue weighted by atomic mass is 16.3. The highest BCUT2D eigenvalue weighted by molar-refractivity contribution is 5.94. The molecular weight excluding hydrogens is 300 g/mol. The molecule has 1 aliphatic heterocycles. The van der Waals surface area contributed by atoms with E-state index in [4.69, 9.17) is 0 Å². The second-order valence-corrected chi connectivity index (χ2v) is 7.85. The lowest BCUT2D eigenvalue weighted by atomic mass is 9.97. The summed E-state index contributed by atoms with van der Waals surface area (Å²) in [4.78, 5) is 17.1. The van der Waals surface area contributed by atoms with Crippen molar-refractivity contribution in [1.29, 1.82) is 0 Å². The van der Waals surface area contributed by atoms with Crippen molar-refractivity contribution >= 4 is 5.91 Å². The molecule has 4 heteroatoms. The van der Waals surface area contributed by atoms with E-state index in [-0.39, 0.29) is 5.91 Å². The Hall–Kier alpha value is -1.39. The Morgan fingerprint density at radius 2 is 2.04 bits per heavy atom. The minimum Gasteiger partial charge on any atom is -0.390 e. The molecule has 1 amide bonds. The number of carbonyl (C=O) groups is 1. The Kier molecular flexibility index (Phi) is 6.41. The Balaban J connectivity index is 2.01. The van der Waals surface area contributed by atoms with Crippen molar-refractivity contribution in [1.82, 2.24) is 9.80 Å². The van der Waals surface area contributed by atoms with E-state index >= 15 is 0 Å². The number of benzene rings is 1. The lowest BCUT2D eigenvalue weighted by Gasteiger charge is -2.23. The Bertz CT molecular complexity index is 549. The smallest absolute Gasteiger partial charge is 0.253 e. The van der Waals surface area contributed by atoms with Gasteiger partial charge in [0.15, 0.2) is 0 Å². The largest absolute Gasteiger partial charge is 0.390 e. The Morgan fingerprint density at radius 1 is 1.29 bits per heavy atom. The zero-order valence-electron chi connectivity index (χ0n) is 15.6. The van der Waals surface area contributed by atoms with Gasteiger partial charge >= 0.3 is 0 Å². The van der Waals surface area contributed by atoms with Gasteiger partial charge in [-0.3, -0.25) is 4.79 Å². The van der Waals surface area contributed by atoms with Gasteiger partial charge in [-0.05, 0) is 77.7 Å². The molecule has 1 atom stereocenters. The molecule has 0 aromatic heterocycles. The molecular formula is C20H32N2O2. The summed E-state index contributed by atoms with van der Waals surface area (Å²) in [6.07, 6.45) is 4.73. The van der Waals surface area contributed by atoms with E-state index in [1.807, 2.05) is 43.0 Å². The Morgan fingerprint density at radius 3 is 2.71 bits per heavy atom. The average Bonchev–Trinajstić information content (AvgIpc) is 2.78. The summed E-state index contributed by atoms with van der Waals surface area (Å²) in [5, 5.41) is 9.88. The van der Waals surface area contributed by atoms with Crippen molar-refractivity contribution in [3.05, 3.63) is 35.4 Å². The van der Waals surface area contributed by atoms with E-state index in [1.165, 1.54) is 0 Å². The number of amides is 1. The van der Waals surface area contributed by atoms with Crippen molar-refractivity contribution in [3.63, 3.8) is 0 Å². The van der Waals surface area contributed by atoms with E-state index in [1.54, 1.807) is 0 Å². The van der Waals surface area contributed by atoms with Gasteiger partial charge in [-0.2, -0.15) is 0 Å². The lowest BCUT2D eigenvalue weighted by Crippen LogP contribution is -2.33. The van der Waals surface area contributed by atoms with Crippen LogP contribution in [0.3, 0.4) is 0 Å². The van der Waals surface area contributed by atoms with Gasteiger partial charge in [0.05, 0.1) is 5.60 Å². The molecule has 1 aliphatic rings. The van der Waals surface area contributed by atoms with Crippen LogP contribution in [-0.4, -0.2) is 59.6 Å². The molecule has 1 heterocycles. The summed E-state index contributed by atoms with van der Waals surface area (Å²) in [5.74, 6) is 0.138. The molecule has 134 valence electrons. The first-order chi connectivity index (χ1) is 11.3. The van der Waals surface area contributed by atoms with E-state index in [2.05, 4.69) is 19.0 Å². The third kappa shape index (κ3) is 5.60. The van der Waals surface area contributed by atoms with Gasteiger partial charge < -0.3 is 14.9 Å². The van der Waals surface area contributed by atoms with Gasteiger partial charge in [0.1, 0.15) is 0 Å². The monoisotopic (exact) mass is 332 g/mol. The van der Waals surface area contributed by atoms with Crippen LogP contribution >= 0.6 is 0 Å². The fraction of sp³-hybridized carbons (Fsp3) is 0.650. The van der Waals surface area contributed by atoms with Crippen molar-refractivity contribution in [3.8, 4) is 0 Å². The molecule has 0 saturated carbocycles. The molecule has 2 rings (SSSR count). The van der Waals surface area contributed by atoms with Crippen LogP contribution in [0.2, 0.25) is 0 Å². The second-order valence-electron chi connectivity index (χ2n) is 7.85. The van der Waals surface area contributed by atoms with Gasteiger partial charge in [-0.1, -0.05) is 12.1 Å². The van der Waals surface area contributed by atoms with Crippen molar-refractivity contribution in [2.45, 2.75) is 57.6 Å². The van der Waals surface area contributed by atoms with Gasteiger partial charge in [-0.15, -0.1) is 0 Å². The van der Waals surface area contributed by atoms with Crippen LogP contribution in [0, 0.1) is 0 Å². The number of carbonyl (C=O) groups excluding carboxylic acids is 1. The Labute approximate surface area is 146 Å². The van der Waals surface area contributed by atoms with E-state index in [0.717, 1.165) is 49.9 Å². The summed E-state index contributed by atoms with van der Waals surface area (Å²) in [5.41, 5.74) is 1.21. The van der Waals surface area contributed by atoms with Gasteiger partial charge in [-0.25, -0.2) is 0 Å². The maximum atomic E-state index is 12.8. The number of rotatable bonds is 5. The summed E-state index contributed by atoms with van der Waals surface area (Å²) < 4.78 is 0. The average molecular weight is 332 g/mol. The first-order valence-electron chi connectivity index (χ1n) is 9.03. The fourth-order valence-corrected chi connectivity index (χ4v) is 3.29. The third-order valence-electron chi connectivity index (χ3n) is 4.91. The normalized spacial score (nSPS) is 19.4. The maximum Gasteiger partial charge on any atom is 0.253 e. The molecule has 0 radical (unpaired) electrons. The first kappa shape index (κ1) is 18.9. The summed E-state index contributed by atoms with van der Waals surface area (Å²) in [6, 6.07) is 8.45. The van der Waals surface area contributed by atoms with Crippen LogP contribution in [0.1, 0.15) is 55.5 Å². The van der Waals surface area contributed by atoms with Crippen LogP contribution in [-0.2, 0) is 6.42 Å². The van der Waals surface area contributed by atoms with Crippen molar-refractivity contribution in [2.24, 2.45) is 0 Å². The zero-order chi connectivity index (χ0) is 17.7. The predicted molar refractivity (Wildman–Crippen MR) is 98.3 cm³/mol. The third-order valence-corrected chi connectivity index (χ3v) is 4.91. The van der Waals surface area contributed by atoms with Crippen LogP contribution in [0.25, 0.3) is 0 Å². The second kappa shape index (κ2) is 8.13. The molecule has 1 saturated heterocycles. The van der Waals surface area contributed by atoms with Crippen molar-refractivity contribution in [2.75, 3.05) is 27.2 Å². The number of hydrogen-bond donors (Lipinski definition) is 1. The number of nitrogens with zero attached hydrogens (tertiary/aromatic N) is 2. The number of aliphatic hydroxyl groups is 1. The minimum atomic E-state index is -0.675. The molecule has 0 aliphatic carbocycles.